The highest BCUT2D eigenvalue weighted by molar-refractivity contribution is 8.00. The topological polar surface area (TPSA) is 61.9 Å². The number of benzene rings is 2. The van der Waals surface area contributed by atoms with Crippen LogP contribution in [0.5, 0.6) is 0 Å². The molecule has 0 radical (unpaired) electrons. The monoisotopic (exact) mass is 527 g/mol. The summed E-state index contributed by atoms with van der Waals surface area (Å²) in [6.45, 7) is 4.78. The van der Waals surface area contributed by atoms with E-state index in [-0.39, 0.29) is 12.5 Å². The average Bonchev–Trinajstić information content (AvgIpc) is 3.15. The van der Waals surface area contributed by atoms with Gasteiger partial charge in [0.05, 0.1) is 30.9 Å². The van der Waals surface area contributed by atoms with Crippen molar-refractivity contribution in [2.24, 2.45) is 5.10 Å². The SMILES string of the molecule is CN1CCN(Cn2nc(CN3C(=O)CSc4ccccc43)n(/N=C/c3ccc(Cl)cc3)c2=S)CC1. The van der Waals surface area contributed by atoms with Gasteiger partial charge in [0.25, 0.3) is 0 Å². The molecule has 2 aliphatic rings. The standard InChI is InChI=1S/C24H26ClN7OS2/c1-28-10-12-29(13-11-28)17-31-24(34)32(26-14-18-6-8-19(25)9-7-18)22(27-31)15-30-20-4-2-3-5-21(20)35-16-23(30)33/h2-9,14H,10-13,15-17H2,1H3/b26-14+. The van der Waals surface area contributed by atoms with Crippen LogP contribution < -0.4 is 4.90 Å². The quantitative estimate of drug-likeness (QED) is 0.359. The van der Waals surface area contributed by atoms with Crippen molar-refractivity contribution in [3.8, 4) is 0 Å². The Kier molecular flexibility index (Phi) is 7.35. The maximum Gasteiger partial charge on any atom is 0.237 e. The molecule has 0 atom stereocenters. The minimum atomic E-state index is 0.0430. The summed E-state index contributed by atoms with van der Waals surface area (Å²) in [5.41, 5.74) is 1.78. The lowest BCUT2D eigenvalue weighted by Crippen LogP contribution is -2.45. The normalized spacial score (nSPS) is 17.3. The minimum Gasteiger partial charge on any atom is -0.304 e. The van der Waals surface area contributed by atoms with E-state index in [4.69, 9.17) is 28.9 Å². The predicted molar refractivity (Wildman–Crippen MR) is 143 cm³/mol. The first kappa shape index (κ1) is 24.2. The number of hydrogen-bond acceptors (Lipinski definition) is 7. The fourth-order valence-electron chi connectivity index (χ4n) is 4.07. The molecule has 1 aromatic heterocycles. The van der Waals surface area contributed by atoms with Crippen LogP contribution in [0.4, 0.5) is 5.69 Å². The molecule has 0 unspecified atom stereocenters. The van der Waals surface area contributed by atoms with Gasteiger partial charge in [-0.05, 0) is 49.1 Å². The van der Waals surface area contributed by atoms with E-state index in [0.29, 0.717) is 28.0 Å². The molecule has 0 N–H and O–H groups in total. The Morgan fingerprint density at radius 2 is 1.86 bits per heavy atom. The zero-order valence-electron chi connectivity index (χ0n) is 19.4. The van der Waals surface area contributed by atoms with E-state index in [1.165, 1.54) is 0 Å². The number of aromatic nitrogens is 3. The number of amides is 1. The molecule has 0 spiro atoms. The molecule has 2 aromatic carbocycles. The highest BCUT2D eigenvalue weighted by Gasteiger charge is 2.27. The number of nitrogens with zero attached hydrogens (tertiary/aromatic N) is 7. The summed E-state index contributed by atoms with van der Waals surface area (Å²) >= 11 is 13.4. The van der Waals surface area contributed by atoms with Crippen LogP contribution in [-0.2, 0) is 18.0 Å². The highest BCUT2D eigenvalue weighted by atomic mass is 35.5. The largest absolute Gasteiger partial charge is 0.304 e. The van der Waals surface area contributed by atoms with Crippen LogP contribution in [0, 0.1) is 4.77 Å². The second-order valence-electron chi connectivity index (χ2n) is 8.61. The summed E-state index contributed by atoms with van der Waals surface area (Å²) in [6, 6.07) is 15.4. The van der Waals surface area contributed by atoms with Gasteiger partial charge >= 0.3 is 0 Å². The number of fused-ring (bicyclic) bond motifs is 1. The lowest BCUT2D eigenvalue weighted by molar-refractivity contribution is -0.116. The smallest absolute Gasteiger partial charge is 0.237 e. The van der Waals surface area contributed by atoms with E-state index >= 15 is 0 Å². The van der Waals surface area contributed by atoms with Gasteiger partial charge < -0.3 is 9.80 Å². The van der Waals surface area contributed by atoms with E-state index in [0.717, 1.165) is 42.3 Å². The van der Waals surface area contributed by atoms with Gasteiger partial charge in [0.15, 0.2) is 5.82 Å². The first-order chi connectivity index (χ1) is 17.0. The number of para-hydroxylation sites is 1. The van der Waals surface area contributed by atoms with Crippen LogP contribution in [0.2, 0.25) is 5.02 Å². The molecule has 0 bridgehead atoms. The number of carbonyl (C=O) groups is 1. The van der Waals surface area contributed by atoms with E-state index < -0.39 is 0 Å². The molecule has 2 aliphatic heterocycles. The predicted octanol–water partition coefficient (Wildman–Crippen LogP) is 3.79. The molecule has 8 nitrogen and oxygen atoms in total. The number of likely N-dealkylation sites (N-methyl/N-ethyl adjacent to an activating group) is 1. The molecule has 3 heterocycles. The number of anilines is 1. The van der Waals surface area contributed by atoms with Crippen LogP contribution in [0.15, 0.2) is 58.5 Å². The van der Waals surface area contributed by atoms with Crippen LogP contribution in [0.25, 0.3) is 0 Å². The fourth-order valence-corrected chi connectivity index (χ4v) is 5.38. The molecule has 1 amide bonds. The number of halogens is 1. The van der Waals surface area contributed by atoms with Crippen LogP contribution in [-0.4, -0.2) is 75.4 Å². The molecule has 0 aliphatic carbocycles. The first-order valence-corrected chi connectivity index (χ1v) is 13.2. The molecular weight excluding hydrogens is 502 g/mol. The third-order valence-corrected chi connectivity index (χ3v) is 7.80. The molecule has 11 heteroatoms. The van der Waals surface area contributed by atoms with E-state index in [9.17, 15) is 4.79 Å². The van der Waals surface area contributed by atoms with Crippen molar-refractivity contribution in [3.05, 3.63) is 69.7 Å². The summed E-state index contributed by atoms with van der Waals surface area (Å²) in [7, 11) is 2.13. The van der Waals surface area contributed by atoms with Crippen LogP contribution in [0.3, 0.4) is 0 Å². The zero-order valence-corrected chi connectivity index (χ0v) is 21.8. The minimum absolute atomic E-state index is 0.0430. The molecule has 1 saturated heterocycles. The van der Waals surface area contributed by atoms with Crippen molar-refractivity contribution >= 4 is 53.4 Å². The summed E-state index contributed by atoms with van der Waals surface area (Å²) in [4.78, 5) is 20.4. The van der Waals surface area contributed by atoms with Gasteiger partial charge in [-0.1, -0.05) is 35.9 Å². The van der Waals surface area contributed by atoms with Crippen LogP contribution >= 0.6 is 35.6 Å². The third kappa shape index (κ3) is 5.52. The Bertz CT molecular complexity index is 1300. The van der Waals surface area contributed by atoms with E-state index in [1.54, 1.807) is 27.6 Å². The summed E-state index contributed by atoms with van der Waals surface area (Å²) in [5.74, 6) is 1.05. The van der Waals surface area contributed by atoms with E-state index in [1.807, 2.05) is 53.2 Å². The molecule has 0 saturated carbocycles. The summed E-state index contributed by atoms with van der Waals surface area (Å²) < 4.78 is 3.97. The number of piperazine rings is 1. The molecule has 35 heavy (non-hydrogen) atoms. The average molecular weight is 528 g/mol. The van der Waals surface area contributed by atoms with Gasteiger partial charge in [0, 0.05) is 36.1 Å². The van der Waals surface area contributed by atoms with Crippen molar-refractivity contribution in [2.45, 2.75) is 18.1 Å². The van der Waals surface area contributed by atoms with Crippen molar-refractivity contribution in [2.75, 3.05) is 43.9 Å². The van der Waals surface area contributed by atoms with Crippen molar-refractivity contribution in [1.29, 1.82) is 0 Å². The molecule has 182 valence electrons. The van der Waals surface area contributed by atoms with Gasteiger partial charge in [-0.25, -0.2) is 4.68 Å². The Morgan fingerprint density at radius 1 is 1.11 bits per heavy atom. The van der Waals surface area contributed by atoms with Gasteiger partial charge in [-0.15, -0.1) is 11.8 Å². The zero-order chi connectivity index (χ0) is 24.4. The fraction of sp³-hybridized carbons (Fsp3) is 0.333. The lowest BCUT2D eigenvalue weighted by atomic mass is 10.2. The highest BCUT2D eigenvalue weighted by Crippen LogP contribution is 2.35. The molecule has 1 fully saturated rings. The van der Waals surface area contributed by atoms with Crippen molar-refractivity contribution < 1.29 is 4.79 Å². The second kappa shape index (κ2) is 10.6. The van der Waals surface area contributed by atoms with Crippen LogP contribution in [0.1, 0.15) is 11.4 Å². The molecule has 5 rings (SSSR count). The van der Waals surface area contributed by atoms with Crippen molar-refractivity contribution in [1.82, 2.24) is 24.3 Å². The Morgan fingerprint density at radius 3 is 2.63 bits per heavy atom. The van der Waals surface area contributed by atoms with Gasteiger partial charge in [-0.3, -0.25) is 9.69 Å². The maximum atomic E-state index is 12.9. The number of carbonyl (C=O) groups excluding carboxylic acids is 1. The Balaban J connectivity index is 1.48. The van der Waals surface area contributed by atoms with Gasteiger partial charge in [0.2, 0.25) is 10.7 Å². The van der Waals surface area contributed by atoms with Gasteiger partial charge in [0.1, 0.15) is 0 Å². The van der Waals surface area contributed by atoms with E-state index in [2.05, 4.69) is 21.9 Å². The summed E-state index contributed by atoms with van der Waals surface area (Å²) in [5, 5.41) is 10.2. The second-order valence-corrected chi connectivity index (χ2v) is 10.4. The molecule has 3 aromatic rings. The summed E-state index contributed by atoms with van der Waals surface area (Å²) in [6.07, 6.45) is 1.74. The number of rotatable bonds is 6. The Hall–Kier alpha value is -2.50. The third-order valence-electron chi connectivity index (χ3n) is 6.11. The maximum absolute atomic E-state index is 12.9. The number of hydrogen-bond donors (Lipinski definition) is 0. The number of thioether (sulfide) groups is 1. The lowest BCUT2D eigenvalue weighted by Gasteiger charge is -2.31. The van der Waals surface area contributed by atoms with Crippen molar-refractivity contribution in [3.63, 3.8) is 0 Å². The molecular formula is C24H26ClN7OS2. The first-order valence-electron chi connectivity index (χ1n) is 11.4. The van der Waals surface area contributed by atoms with Gasteiger partial charge in [-0.2, -0.15) is 14.9 Å². The Labute approximate surface area is 218 Å².